The first-order valence-electron chi connectivity index (χ1n) is 7.83. The predicted molar refractivity (Wildman–Crippen MR) is 95.3 cm³/mol. The molecule has 0 saturated carbocycles. The number of amides is 1. The fourth-order valence-corrected chi connectivity index (χ4v) is 2.79. The van der Waals surface area contributed by atoms with Gasteiger partial charge in [-0.05, 0) is 35.9 Å². The molecule has 0 fully saturated rings. The largest absolute Gasteiger partial charge is 0.573 e. The van der Waals surface area contributed by atoms with Crippen LogP contribution in [-0.4, -0.2) is 38.6 Å². The van der Waals surface area contributed by atoms with Crippen molar-refractivity contribution in [3.63, 3.8) is 0 Å². The molecule has 1 unspecified atom stereocenters. The summed E-state index contributed by atoms with van der Waals surface area (Å²) in [6.07, 6.45) is -5.00. The lowest BCUT2D eigenvalue weighted by molar-refractivity contribution is -0.274. The van der Waals surface area contributed by atoms with Gasteiger partial charge in [0.25, 0.3) is 5.91 Å². The third kappa shape index (κ3) is 7.08. The van der Waals surface area contributed by atoms with Gasteiger partial charge in [-0.15, -0.1) is 13.2 Å². The predicted octanol–water partition coefficient (Wildman–Crippen LogP) is 2.42. The Morgan fingerprint density at radius 1 is 1.18 bits per heavy atom. The van der Waals surface area contributed by atoms with E-state index in [9.17, 15) is 31.5 Å². The third-order valence-corrected chi connectivity index (χ3v) is 3.99. The lowest BCUT2D eigenvalue weighted by atomic mass is 10.1. The third-order valence-electron chi connectivity index (χ3n) is 3.38. The van der Waals surface area contributed by atoms with Crippen LogP contribution in [-0.2, 0) is 10.0 Å². The summed E-state index contributed by atoms with van der Waals surface area (Å²) >= 11 is 0. The Morgan fingerprint density at radius 3 is 2.39 bits per heavy atom. The monoisotopic (exact) mass is 418 g/mol. The minimum absolute atomic E-state index is 0.162. The van der Waals surface area contributed by atoms with Crippen molar-refractivity contribution in [2.45, 2.75) is 12.5 Å². The van der Waals surface area contributed by atoms with Crippen LogP contribution in [0.4, 0.5) is 18.9 Å². The van der Waals surface area contributed by atoms with Crippen LogP contribution in [0.3, 0.4) is 0 Å². The highest BCUT2D eigenvalue weighted by atomic mass is 32.2. The van der Waals surface area contributed by atoms with Gasteiger partial charge in [0.05, 0.1) is 12.4 Å². The number of alkyl halides is 3. The molecule has 7 nitrogen and oxygen atoms in total. The van der Waals surface area contributed by atoms with Gasteiger partial charge in [-0.1, -0.05) is 18.2 Å². The first-order chi connectivity index (χ1) is 12.9. The molecule has 28 heavy (non-hydrogen) atoms. The number of benzene rings is 2. The topological polar surface area (TPSA) is 105 Å². The maximum atomic E-state index is 12.2. The Kier molecular flexibility index (Phi) is 6.52. The van der Waals surface area contributed by atoms with Crippen molar-refractivity contribution in [3.05, 3.63) is 59.7 Å². The average Bonchev–Trinajstić information content (AvgIpc) is 2.57. The molecule has 11 heteroatoms. The molecule has 2 aromatic rings. The van der Waals surface area contributed by atoms with E-state index < -0.39 is 34.1 Å². The van der Waals surface area contributed by atoms with Crippen molar-refractivity contribution in [2.24, 2.45) is 0 Å². The summed E-state index contributed by atoms with van der Waals surface area (Å²) in [6.45, 7) is -0.206. The molecule has 0 aliphatic heterocycles. The summed E-state index contributed by atoms with van der Waals surface area (Å²) in [6, 6.07) is 10.3. The Balaban J connectivity index is 1.96. The Labute approximate surface area is 159 Å². The van der Waals surface area contributed by atoms with Gasteiger partial charge in [0.2, 0.25) is 10.0 Å². The van der Waals surface area contributed by atoms with E-state index in [1.54, 1.807) is 0 Å². The molecule has 3 N–H and O–H groups in total. The van der Waals surface area contributed by atoms with Crippen molar-refractivity contribution in [3.8, 4) is 5.75 Å². The van der Waals surface area contributed by atoms with Crippen molar-refractivity contribution >= 4 is 21.6 Å². The van der Waals surface area contributed by atoms with Crippen LogP contribution in [0.1, 0.15) is 22.0 Å². The fraction of sp³-hybridized carbons (Fsp3) is 0.235. The number of anilines is 1. The number of hydrogen-bond donors (Lipinski definition) is 3. The average molecular weight is 418 g/mol. The van der Waals surface area contributed by atoms with Gasteiger partial charge >= 0.3 is 6.36 Å². The highest BCUT2D eigenvalue weighted by molar-refractivity contribution is 7.92. The number of aliphatic hydroxyl groups excluding tert-OH is 1. The van der Waals surface area contributed by atoms with E-state index >= 15 is 0 Å². The number of sulfonamides is 1. The SMILES string of the molecule is CS(=O)(=O)Nc1cccc(C(=O)NCC(O)c2ccc(OC(F)(F)F)cc2)c1. The number of aliphatic hydroxyl groups is 1. The zero-order valence-corrected chi connectivity index (χ0v) is 15.3. The van der Waals surface area contributed by atoms with E-state index in [-0.39, 0.29) is 23.4 Å². The second-order valence-electron chi connectivity index (χ2n) is 5.80. The van der Waals surface area contributed by atoms with Crippen LogP contribution in [0.2, 0.25) is 0 Å². The van der Waals surface area contributed by atoms with Gasteiger partial charge in [-0.2, -0.15) is 0 Å². The number of nitrogens with one attached hydrogen (secondary N) is 2. The molecule has 2 rings (SSSR count). The normalized spacial score (nSPS) is 12.9. The van der Waals surface area contributed by atoms with Crippen molar-refractivity contribution in [2.75, 3.05) is 17.5 Å². The fourth-order valence-electron chi connectivity index (χ4n) is 2.24. The Morgan fingerprint density at radius 2 is 1.82 bits per heavy atom. The molecule has 0 aliphatic carbocycles. The second-order valence-corrected chi connectivity index (χ2v) is 7.55. The van der Waals surface area contributed by atoms with Crippen LogP contribution in [0.25, 0.3) is 0 Å². The number of hydrogen-bond acceptors (Lipinski definition) is 5. The summed E-state index contributed by atoms with van der Waals surface area (Å²) in [4.78, 5) is 12.2. The van der Waals surface area contributed by atoms with Gasteiger partial charge in [-0.25, -0.2) is 8.42 Å². The molecule has 1 atom stereocenters. The van der Waals surface area contributed by atoms with Crippen molar-refractivity contribution in [1.29, 1.82) is 0 Å². The Hall–Kier alpha value is -2.79. The molecular formula is C17H17F3N2O5S. The number of rotatable bonds is 7. The highest BCUT2D eigenvalue weighted by Crippen LogP contribution is 2.24. The summed E-state index contributed by atoms with van der Waals surface area (Å²) in [5.41, 5.74) is 0.646. The molecule has 0 heterocycles. The lowest BCUT2D eigenvalue weighted by Gasteiger charge is -2.14. The number of ether oxygens (including phenoxy) is 1. The van der Waals surface area contributed by atoms with E-state index in [1.165, 1.54) is 36.4 Å². The van der Waals surface area contributed by atoms with Crippen LogP contribution in [0.15, 0.2) is 48.5 Å². The number of carbonyl (C=O) groups excluding carboxylic acids is 1. The molecule has 0 bridgehead atoms. The van der Waals surface area contributed by atoms with Gasteiger partial charge < -0.3 is 15.2 Å². The molecule has 0 radical (unpaired) electrons. The maximum absolute atomic E-state index is 12.2. The van der Waals surface area contributed by atoms with E-state index in [0.29, 0.717) is 0 Å². The molecule has 0 saturated heterocycles. The smallest absolute Gasteiger partial charge is 0.406 e. The molecule has 0 spiro atoms. The first kappa shape index (κ1) is 21.5. The van der Waals surface area contributed by atoms with Crippen LogP contribution in [0, 0.1) is 0 Å². The highest BCUT2D eigenvalue weighted by Gasteiger charge is 2.31. The molecule has 2 aromatic carbocycles. The number of halogens is 3. The molecular weight excluding hydrogens is 401 g/mol. The summed E-state index contributed by atoms with van der Waals surface area (Å²) in [7, 11) is -3.50. The zero-order chi connectivity index (χ0) is 20.9. The van der Waals surface area contributed by atoms with E-state index in [0.717, 1.165) is 18.4 Å². The standard InChI is InChI=1S/C17H17F3N2O5S/c1-28(25,26)22-13-4-2-3-12(9-13)16(24)21-10-15(23)11-5-7-14(8-6-11)27-17(18,19)20/h2-9,15,22-23H,10H2,1H3,(H,21,24). The van der Waals surface area contributed by atoms with E-state index in [2.05, 4.69) is 14.8 Å². The summed E-state index contributed by atoms with van der Waals surface area (Å²) < 4.78 is 64.9. The van der Waals surface area contributed by atoms with Gasteiger partial charge in [-0.3, -0.25) is 9.52 Å². The van der Waals surface area contributed by atoms with Gasteiger partial charge in [0.15, 0.2) is 0 Å². The van der Waals surface area contributed by atoms with Crippen molar-refractivity contribution < 1.29 is 36.2 Å². The Bertz CT molecular complexity index is 931. The maximum Gasteiger partial charge on any atom is 0.573 e. The first-order valence-corrected chi connectivity index (χ1v) is 9.72. The van der Waals surface area contributed by atoms with Gasteiger partial charge in [0.1, 0.15) is 5.75 Å². The number of carbonyl (C=O) groups is 1. The summed E-state index contributed by atoms with van der Waals surface area (Å²) in [5, 5.41) is 12.5. The molecule has 152 valence electrons. The van der Waals surface area contributed by atoms with Crippen LogP contribution in [0.5, 0.6) is 5.75 Å². The quantitative estimate of drug-likeness (QED) is 0.641. The molecule has 1 amide bonds. The van der Waals surface area contributed by atoms with Crippen LogP contribution >= 0.6 is 0 Å². The van der Waals surface area contributed by atoms with Crippen LogP contribution < -0.4 is 14.8 Å². The molecule has 0 aliphatic rings. The lowest BCUT2D eigenvalue weighted by Crippen LogP contribution is -2.28. The van der Waals surface area contributed by atoms with E-state index in [4.69, 9.17) is 0 Å². The summed E-state index contributed by atoms with van der Waals surface area (Å²) in [5.74, 6) is -0.990. The molecule has 0 aromatic heterocycles. The van der Waals surface area contributed by atoms with Crippen molar-refractivity contribution in [1.82, 2.24) is 5.32 Å². The zero-order valence-electron chi connectivity index (χ0n) is 14.5. The second kappa shape index (κ2) is 8.48. The minimum Gasteiger partial charge on any atom is -0.406 e. The van der Waals surface area contributed by atoms with Gasteiger partial charge in [0, 0.05) is 17.8 Å². The minimum atomic E-state index is -4.81. The van der Waals surface area contributed by atoms with E-state index in [1.807, 2.05) is 0 Å².